The zero-order valence-corrected chi connectivity index (χ0v) is 25.2. The van der Waals surface area contributed by atoms with Crippen LogP contribution in [0.5, 0.6) is 0 Å². The summed E-state index contributed by atoms with van der Waals surface area (Å²) in [6.07, 6.45) is 2.29. The van der Waals surface area contributed by atoms with E-state index in [4.69, 9.17) is 0 Å². The maximum atomic E-state index is 13.6. The van der Waals surface area contributed by atoms with Crippen molar-refractivity contribution in [2.24, 2.45) is 5.92 Å². The van der Waals surface area contributed by atoms with Crippen LogP contribution in [0.3, 0.4) is 0 Å². The van der Waals surface area contributed by atoms with E-state index < -0.39 is 5.97 Å². The van der Waals surface area contributed by atoms with Gasteiger partial charge in [0.15, 0.2) is 0 Å². The molecule has 1 aromatic heterocycles. The molecule has 4 aromatic carbocycles. The number of hydrogen-bond acceptors (Lipinski definition) is 2. The van der Waals surface area contributed by atoms with Crippen molar-refractivity contribution in [3.05, 3.63) is 130 Å². The molecule has 1 aliphatic rings. The minimum absolute atomic E-state index is 0.0276. The fraction of sp³-hybridized carbons (Fsp3) is 0.263. The summed E-state index contributed by atoms with van der Waals surface area (Å²) < 4.78 is 2.29. The standard InChI is InChI=1S/C38H38N2O3/c1-23(2)29-8-7-9-30(20-29)36(28-16-17-28)39-37(41)31-18-19-35-34(21-31)24(3)25(4)40(35)22-26-12-14-27(15-13-26)32-10-5-6-11-33(32)38(42)43/h5-15,18-21,23,28,36H,16-17,22H2,1-4H3,(H,39,41)(H,42,43)/t36-/m0/s1. The predicted octanol–water partition coefficient (Wildman–Crippen LogP) is 8.68. The number of rotatable bonds is 9. The summed E-state index contributed by atoms with van der Waals surface area (Å²) in [5, 5.41) is 14.0. The fourth-order valence-corrected chi connectivity index (χ4v) is 6.13. The number of aromatic carboxylic acids is 1. The number of hydrogen-bond donors (Lipinski definition) is 2. The molecule has 43 heavy (non-hydrogen) atoms. The van der Waals surface area contributed by atoms with Crippen LogP contribution in [0.15, 0.2) is 91.0 Å². The highest BCUT2D eigenvalue weighted by Crippen LogP contribution is 2.42. The van der Waals surface area contributed by atoms with Gasteiger partial charge < -0.3 is 15.0 Å². The number of carbonyl (C=O) groups excluding carboxylic acids is 1. The number of carbonyl (C=O) groups is 2. The summed E-state index contributed by atoms with van der Waals surface area (Å²) in [5.41, 5.74) is 9.60. The Kier molecular flexibility index (Phi) is 7.66. The van der Waals surface area contributed by atoms with Crippen molar-refractivity contribution in [1.29, 1.82) is 0 Å². The Morgan fingerprint density at radius 2 is 1.60 bits per heavy atom. The Morgan fingerprint density at radius 1 is 0.884 bits per heavy atom. The van der Waals surface area contributed by atoms with Crippen LogP contribution in [-0.4, -0.2) is 21.6 Å². The molecule has 0 radical (unpaired) electrons. The highest BCUT2D eigenvalue weighted by atomic mass is 16.4. The highest BCUT2D eigenvalue weighted by Gasteiger charge is 2.34. The molecule has 218 valence electrons. The molecule has 5 heteroatoms. The zero-order valence-electron chi connectivity index (χ0n) is 25.2. The quantitative estimate of drug-likeness (QED) is 0.186. The number of aryl methyl sites for hydroxylation is 1. The number of fused-ring (bicyclic) bond motifs is 1. The molecule has 1 heterocycles. The third-order valence-electron chi connectivity index (χ3n) is 8.98. The minimum Gasteiger partial charge on any atom is -0.478 e. The third-order valence-corrected chi connectivity index (χ3v) is 8.98. The van der Waals surface area contributed by atoms with E-state index in [9.17, 15) is 14.7 Å². The van der Waals surface area contributed by atoms with Gasteiger partial charge in [0.1, 0.15) is 0 Å². The summed E-state index contributed by atoms with van der Waals surface area (Å²) >= 11 is 0. The summed E-state index contributed by atoms with van der Waals surface area (Å²) in [4.78, 5) is 25.3. The molecule has 1 aliphatic carbocycles. The van der Waals surface area contributed by atoms with Gasteiger partial charge in [0.2, 0.25) is 0 Å². The van der Waals surface area contributed by atoms with Gasteiger partial charge in [-0.1, -0.05) is 80.6 Å². The molecule has 0 bridgehead atoms. The molecule has 0 aliphatic heterocycles. The van der Waals surface area contributed by atoms with Gasteiger partial charge >= 0.3 is 5.97 Å². The lowest BCUT2D eigenvalue weighted by molar-refractivity contribution is 0.0697. The first-order chi connectivity index (χ1) is 20.7. The van der Waals surface area contributed by atoms with E-state index in [0.717, 1.165) is 40.6 Å². The average Bonchev–Trinajstić information content (AvgIpc) is 3.84. The van der Waals surface area contributed by atoms with Crippen LogP contribution >= 0.6 is 0 Å². The molecular formula is C38H38N2O3. The van der Waals surface area contributed by atoms with E-state index >= 15 is 0 Å². The Bertz CT molecular complexity index is 1830. The lowest BCUT2D eigenvalue weighted by Gasteiger charge is -2.20. The maximum Gasteiger partial charge on any atom is 0.336 e. The van der Waals surface area contributed by atoms with Gasteiger partial charge in [-0.15, -0.1) is 0 Å². The van der Waals surface area contributed by atoms with Gasteiger partial charge in [-0.3, -0.25) is 4.79 Å². The maximum absolute atomic E-state index is 13.6. The number of amides is 1. The van der Waals surface area contributed by atoms with E-state index in [1.165, 1.54) is 16.7 Å². The Balaban J connectivity index is 1.24. The van der Waals surface area contributed by atoms with E-state index in [2.05, 4.69) is 80.0 Å². The zero-order chi connectivity index (χ0) is 30.2. The molecule has 6 rings (SSSR count). The third kappa shape index (κ3) is 5.72. The Labute approximate surface area is 253 Å². The minimum atomic E-state index is -0.930. The normalized spacial score (nSPS) is 13.8. The van der Waals surface area contributed by atoms with Gasteiger partial charge in [0, 0.05) is 28.7 Å². The first-order valence-corrected chi connectivity index (χ1v) is 15.1. The molecule has 1 saturated carbocycles. The monoisotopic (exact) mass is 570 g/mol. The van der Waals surface area contributed by atoms with Crippen molar-refractivity contribution in [2.75, 3.05) is 0 Å². The lowest BCUT2D eigenvalue weighted by Crippen LogP contribution is -2.30. The number of carboxylic acids is 1. The van der Waals surface area contributed by atoms with Crippen LogP contribution in [0, 0.1) is 19.8 Å². The van der Waals surface area contributed by atoms with E-state index in [0.29, 0.717) is 35.1 Å². The summed E-state index contributed by atoms with van der Waals surface area (Å²) in [6, 6.07) is 29.9. The molecular weight excluding hydrogens is 532 g/mol. The second-order valence-corrected chi connectivity index (χ2v) is 12.2. The molecule has 5 nitrogen and oxygen atoms in total. The van der Waals surface area contributed by atoms with Crippen molar-refractivity contribution in [1.82, 2.24) is 9.88 Å². The van der Waals surface area contributed by atoms with Crippen LogP contribution in [0.25, 0.3) is 22.0 Å². The largest absolute Gasteiger partial charge is 0.478 e. The Hall–Kier alpha value is -4.64. The average molecular weight is 571 g/mol. The van der Waals surface area contributed by atoms with Gasteiger partial charge in [-0.25, -0.2) is 4.79 Å². The fourth-order valence-electron chi connectivity index (χ4n) is 6.13. The van der Waals surface area contributed by atoms with Gasteiger partial charge in [0.25, 0.3) is 5.91 Å². The SMILES string of the molecule is Cc1c(C)n(Cc2ccc(-c3ccccc3C(=O)O)cc2)c2ccc(C(=O)N[C@H](c3cccc(C(C)C)c3)C3CC3)cc12. The second kappa shape index (κ2) is 11.6. The van der Waals surface area contributed by atoms with Crippen LogP contribution in [-0.2, 0) is 6.54 Å². The van der Waals surface area contributed by atoms with Crippen molar-refractivity contribution in [3.63, 3.8) is 0 Å². The van der Waals surface area contributed by atoms with E-state index in [-0.39, 0.29) is 11.9 Å². The predicted molar refractivity (Wildman–Crippen MR) is 173 cm³/mol. The van der Waals surface area contributed by atoms with Crippen molar-refractivity contribution in [3.8, 4) is 11.1 Å². The summed E-state index contributed by atoms with van der Waals surface area (Å²) in [6.45, 7) is 9.32. The summed E-state index contributed by atoms with van der Waals surface area (Å²) in [5.74, 6) is -0.0271. The van der Waals surface area contributed by atoms with Gasteiger partial charge in [-0.05, 0) is 96.2 Å². The molecule has 2 N–H and O–H groups in total. The number of aromatic nitrogens is 1. The smallest absolute Gasteiger partial charge is 0.336 e. The summed E-state index contributed by atoms with van der Waals surface area (Å²) in [7, 11) is 0. The molecule has 1 atom stereocenters. The van der Waals surface area contributed by atoms with Gasteiger partial charge in [0.05, 0.1) is 11.6 Å². The topological polar surface area (TPSA) is 71.3 Å². The van der Waals surface area contributed by atoms with Crippen LogP contribution in [0.4, 0.5) is 0 Å². The van der Waals surface area contributed by atoms with Crippen LogP contribution < -0.4 is 5.32 Å². The molecule has 0 spiro atoms. The van der Waals surface area contributed by atoms with Crippen molar-refractivity contribution in [2.45, 2.75) is 59.0 Å². The molecule has 0 unspecified atom stereocenters. The molecule has 1 fully saturated rings. The number of nitrogens with one attached hydrogen (secondary N) is 1. The lowest BCUT2D eigenvalue weighted by atomic mass is 9.95. The molecule has 0 saturated heterocycles. The molecule has 1 amide bonds. The molecule has 5 aromatic rings. The number of benzene rings is 4. The van der Waals surface area contributed by atoms with E-state index in [1.54, 1.807) is 12.1 Å². The first kappa shape index (κ1) is 28.5. The first-order valence-electron chi connectivity index (χ1n) is 15.1. The Morgan fingerprint density at radius 3 is 2.30 bits per heavy atom. The van der Waals surface area contributed by atoms with E-state index in [1.807, 2.05) is 36.4 Å². The van der Waals surface area contributed by atoms with Crippen molar-refractivity contribution >= 4 is 22.8 Å². The number of nitrogens with zero attached hydrogens (tertiary/aromatic N) is 1. The van der Waals surface area contributed by atoms with Crippen LogP contribution in [0.1, 0.15) is 87.3 Å². The van der Waals surface area contributed by atoms with Gasteiger partial charge in [-0.2, -0.15) is 0 Å². The number of carboxylic acid groups (broad SMARTS) is 1. The second-order valence-electron chi connectivity index (χ2n) is 12.2. The highest BCUT2D eigenvalue weighted by molar-refractivity contribution is 5.99. The van der Waals surface area contributed by atoms with Crippen molar-refractivity contribution < 1.29 is 14.7 Å². The van der Waals surface area contributed by atoms with Crippen LogP contribution in [0.2, 0.25) is 0 Å².